The van der Waals surface area contributed by atoms with Gasteiger partial charge in [-0.1, -0.05) is 38.4 Å². The summed E-state index contributed by atoms with van der Waals surface area (Å²) in [5.74, 6) is -1.85. The van der Waals surface area contributed by atoms with Crippen molar-refractivity contribution in [3.63, 3.8) is 0 Å². The van der Waals surface area contributed by atoms with Crippen molar-refractivity contribution in [2.24, 2.45) is 0 Å². The van der Waals surface area contributed by atoms with Crippen molar-refractivity contribution in [3.8, 4) is 11.3 Å². The van der Waals surface area contributed by atoms with Crippen LogP contribution in [0.5, 0.6) is 0 Å². The van der Waals surface area contributed by atoms with E-state index < -0.39 is 38.6 Å². The quantitative estimate of drug-likeness (QED) is 0.485. The first-order valence-electron chi connectivity index (χ1n) is 11.3. The summed E-state index contributed by atoms with van der Waals surface area (Å²) in [6.07, 6.45) is 0.960. The van der Waals surface area contributed by atoms with Crippen LogP contribution >= 0.6 is 11.6 Å². The third-order valence-corrected chi connectivity index (χ3v) is 7.77. The molecule has 0 radical (unpaired) electrons. The van der Waals surface area contributed by atoms with Gasteiger partial charge in [-0.3, -0.25) is 9.59 Å². The molecule has 1 aliphatic heterocycles. The first-order chi connectivity index (χ1) is 16.5. The maximum atomic E-state index is 14.1. The second-order valence-electron chi connectivity index (χ2n) is 10.4. The molecule has 8 nitrogen and oxygen atoms in total. The standard InChI is InChI=1S/C25H27ClFN3O5S/c1-24(2,3)15-12-18(14-7-8-16(26)17(27)11-14)28-19-13-20(35-21(15)19)22(31)29-9-10-30(36(6,33)34)23(32)25(29,4)5/h7-8,11-13H,9-10H2,1-6H3. The topological polar surface area (TPSA) is 101 Å². The van der Waals surface area contributed by atoms with Crippen molar-refractivity contribution in [1.29, 1.82) is 0 Å². The lowest BCUT2D eigenvalue weighted by Crippen LogP contribution is -2.65. The van der Waals surface area contributed by atoms with Crippen LogP contribution in [0.2, 0.25) is 5.02 Å². The van der Waals surface area contributed by atoms with Gasteiger partial charge < -0.3 is 9.32 Å². The summed E-state index contributed by atoms with van der Waals surface area (Å²) >= 11 is 5.83. The highest BCUT2D eigenvalue weighted by atomic mass is 35.5. The average Bonchev–Trinajstić information content (AvgIpc) is 3.19. The smallest absolute Gasteiger partial charge is 0.290 e. The number of hydrogen-bond acceptors (Lipinski definition) is 6. The van der Waals surface area contributed by atoms with E-state index in [1.807, 2.05) is 20.8 Å². The molecule has 0 atom stereocenters. The third-order valence-electron chi connectivity index (χ3n) is 6.31. The van der Waals surface area contributed by atoms with Gasteiger partial charge in [0.1, 0.15) is 16.9 Å². The zero-order valence-corrected chi connectivity index (χ0v) is 22.4. The zero-order chi connectivity index (χ0) is 26.8. The Morgan fingerprint density at radius 1 is 1.17 bits per heavy atom. The molecule has 0 aliphatic carbocycles. The number of carbonyl (C=O) groups excluding carboxylic acids is 2. The first-order valence-corrected chi connectivity index (χ1v) is 13.5. The minimum absolute atomic E-state index is 0.000184. The van der Waals surface area contributed by atoms with Gasteiger partial charge in [0, 0.05) is 23.7 Å². The van der Waals surface area contributed by atoms with Gasteiger partial charge >= 0.3 is 0 Å². The number of piperazine rings is 1. The number of fused-ring (bicyclic) bond motifs is 1. The van der Waals surface area contributed by atoms with Crippen molar-refractivity contribution in [2.45, 2.75) is 45.6 Å². The molecule has 1 fully saturated rings. The first kappa shape index (κ1) is 26.1. The number of benzene rings is 1. The molecule has 36 heavy (non-hydrogen) atoms. The van der Waals surface area contributed by atoms with Crippen LogP contribution in [0.15, 0.2) is 34.7 Å². The van der Waals surface area contributed by atoms with E-state index >= 15 is 0 Å². The normalized spacial score (nSPS) is 16.6. The predicted molar refractivity (Wildman–Crippen MR) is 135 cm³/mol. The number of rotatable bonds is 3. The minimum atomic E-state index is -3.76. The van der Waals surface area contributed by atoms with Crippen molar-refractivity contribution in [3.05, 3.63) is 52.5 Å². The molecule has 0 N–H and O–H groups in total. The minimum Gasteiger partial charge on any atom is -0.449 e. The number of nitrogens with zero attached hydrogens (tertiary/aromatic N) is 3. The molecule has 192 valence electrons. The van der Waals surface area contributed by atoms with E-state index in [2.05, 4.69) is 4.98 Å². The molecule has 4 rings (SSSR count). The second-order valence-corrected chi connectivity index (χ2v) is 12.7. The van der Waals surface area contributed by atoms with E-state index in [0.717, 1.165) is 16.1 Å². The van der Waals surface area contributed by atoms with Crippen molar-refractivity contribution in [1.82, 2.24) is 14.2 Å². The van der Waals surface area contributed by atoms with Gasteiger partial charge in [-0.25, -0.2) is 22.1 Å². The molecular formula is C25H27ClFN3O5S. The lowest BCUT2D eigenvalue weighted by Gasteiger charge is -2.44. The lowest BCUT2D eigenvalue weighted by molar-refractivity contribution is -0.140. The van der Waals surface area contributed by atoms with Crippen LogP contribution < -0.4 is 0 Å². The molecule has 0 spiro atoms. The summed E-state index contributed by atoms with van der Waals surface area (Å²) in [5.41, 5.74) is 0.744. The Hall–Kier alpha value is -2.98. The molecule has 2 amide bonds. The molecule has 3 aromatic rings. The van der Waals surface area contributed by atoms with E-state index in [1.54, 1.807) is 12.1 Å². The largest absolute Gasteiger partial charge is 0.449 e. The maximum Gasteiger partial charge on any atom is 0.290 e. The van der Waals surface area contributed by atoms with Crippen molar-refractivity contribution >= 4 is 44.5 Å². The molecule has 0 saturated carbocycles. The number of sulfonamides is 1. The molecule has 3 heterocycles. The predicted octanol–water partition coefficient (Wildman–Crippen LogP) is 4.61. The Morgan fingerprint density at radius 3 is 2.42 bits per heavy atom. The lowest BCUT2D eigenvalue weighted by atomic mass is 9.86. The summed E-state index contributed by atoms with van der Waals surface area (Å²) in [6.45, 7) is 8.79. The number of pyridine rings is 1. The number of aromatic nitrogens is 1. The highest BCUT2D eigenvalue weighted by Gasteiger charge is 2.47. The molecule has 1 aromatic carbocycles. The van der Waals surface area contributed by atoms with Crippen LogP contribution in [-0.2, 0) is 20.2 Å². The van der Waals surface area contributed by atoms with Crippen molar-refractivity contribution < 1.29 is 26.8 Å². The second kappa shape index (κ2) is 8.55. The molecular weight excluding hydrogens is 509 g/mol. The molecule has 0 unspecified atom stereocenters. The fraction of sp³-hybridized carbons (Fsp3) is 0.400. The Morgan fingerprint density at radius 2 is 1.83 bits per heavy atom. The Bertz CT molecular complexity index is 1510. The van der Waals surface area contributed by atoms with Gasteiger partial charge in [0.15, 0.2) is 11.3 Å². The Balaban J connectivity index is 1.80. The van der Waals surface area contributed by atoms with Crippen LogP contribution in [0, 0.1) is 5.82 Å². The number of amides is 2. The van der Waals surface area contributed by atoms with Gasteiger partial charge in [-0.2, -0.15) is 0 Å². The molecule has 11 heteroatoms. The summed E-state index contributed by atoms with van der Waals surface area (Å²) in [6, 6.07) is 7.69. The SMILES string of the molecule is CC(C)(C)c1cc(-c2ccc(Cl)c(F)c2)nc2cc(C(=O)N3CCN(S(C)(=O)=O)C(=O)C3(C)C)oc12. The van der Waals surface area contributed by atoms with Gasteiger partial charge in [-0.15, -0.1) is 0 Å². The monoisotopic (exact) mass is 535 g/mol. The van der Waals surface area contributed by atoms with E-state index in [1.165, 1.54) is 36.9 Å². The Labute approximate surface area is 214 Å². The van der Waals surface area contributed by atoms with Gasteiger partial charge in [0.05, 0.1) is 23.5 Å². The summed E-state index contributed by atoms with van der Waals surface area (Å²) in [5, 5.41) is 0.000184. The highest BCUT2D eigenvalue weighted by molar-refractivity contribution is 7.88. The van der Waals surface area contributed by atoms with Crippen LogP contribution in [0.3, 0.4) is 0 Å². The third kappa shape index (κ3) is 4.48. The van der Waals surface area contributed by atoms with E-state index in [9.17, 15) is 22.4 Å². The summed E-state index contributed by atoms with van der Waals surface area (Å²) in [7, 11) is -3.76. The van der Waals surface area contributed by atoms with E-state index in [0.29, 0.717) is 22.4 Å². The fourth-order valence-electron chi connectivity index (χ4n) is 4.28. The molecule has 2 aromatic heterocycles. The van der Waals surface area contributed by atoms with Crippen LogP contribution in [0.1, 0.15) is 50.7 Å². The number of furan rings is 1. The highest BCUT2D eigenvalue weighted by Crippen LogP contribution is 2.36. The van der Waals surface area contributed by atoms with E-state index in [4.69, 9.17) is 16.0 Å². The molecule has 1 saturated heterocycles. The zero-order valence-electron chi connectivity index (χ0n) is 20.8. The molecule has 0 bridgehead atoms. The van der Waals surface area contributed by atoms with E-state index in [-0.39, 0.29) is 23.9 Å². The number of carbonyl (C=O) groups is 2. The number of hydrogen-bond donors (Lipinski definition) is 0. The molecule has 1 aliphatic rings. The average molecular weight is 536 g/mol. The van der Waals surface area contributed by atoms with Crippen LogP contribution in [0.25, 0.3) is 22.4 Å². The van der Waals surface area contributed by atoms with Crippen molar-refractivity contribution in [2.75, 3.05) is 19.3 Å². The summed E-state index contributed by atoms with van der Waals surface area (Å²) < 4.78 is 45.0. The van der Waals surface area contributed by atoms with Gasteiger partial charge in [0.2, 0.25) is 10.0 Å². The van der Waals surface area contributed by atoms with Gasteiger partial charge in [0.25, 0.3) is 11.8 Å². The fourth-order valence-corrected chi connectivity index (χ4v) is 5.34. The number of halogens is 2. The summed E-state index contributed by atoms with van der Waals surface area (Å²) in [4.78, 5) is 32.3. The maximum absolute atomic E-state index is 14.1. The Kier molecular flexibility index (Phi) is 6.20. The van der Waals surface area contributed by atoms with Gasteiger partial charge in [-0.05, 0) is 37.5 Å². The van der Waals surface area contributed by atoms with Crippen LogP contribution in [-0.4, -0.2) is 59.3 Å². The van der Waals surface area contributed by atoms with Crippen LogP contribution in [0.4, 0.5) is 4.39 Å².